The molecule has 0 aromatic carbocycles. The summed E-state index contributed by atoms with van der Waals surface area (Å²) in [6.07, 6.45) is 0. The van der Waals surface area contributed by atoms with E-state index < -0.39 is 11.6 Å². The maximum Gasteiger partial charge on any atom is 0.340 e. The standard InChI is InChI=1S/CH3FN2O/c2-4-1(3)5/h(H3,3,4,5)/i/hD. The van der Waals surface area contributed by atoms with E-state index in [0.29, 0.717) is 0 Å². The number of rotatable bonds is 0. The van der Waals surface area contributed by atoms with Gasteiger partial charge in [-0.2, -0.15) is 5.53 Å². The Morgan fingerprint density at radius 1 is 2.40 bits per heavy atom. The Labute approximate surface area is 29.4 Å². The van der Waals surface area contributed by atoms with Crippen LogP contribution < -0.4 is 11.3 Å². The summed E-state index contributed by atoms with van der Waals surface area (Å²) in [6, 6.07) is -1.41. The molecule has 3 N–H and O–H groups in total. The maximum atomic E-state index is 10.8. The number of hydrogen-bond donors (Lipinski definition) is 2. The smallest absolute Gasteiger partial charge is 0.340 e. The van der Waals surface area contributed by atoms with E-state index in [9.17, 15) is 9.28 Å². The fourth-order valence-electron chi connectivity index (χ4n) is 0. The molecule has 5 heavy (non-hydrogen) atoms. The van der Waals surface area contributed by atoms with Gasteiger partial charge in [0.25, 0.3) is 0 Å². The SMILES string of the molecule is [2H]N(F)C(N)=O. The van der Waals surface area contributed by atoms with Crippen LogP contribution in [-0.2, 0) is 0 Å². The van der Waals surface area contributed by atoms with Crippen molar-refractivity contribution >= 4 is 6.03 Å². The van der Waals surface area contributed by atoms with Crippen LogP contribution in [0, 0.1) is 0 Å². The van der Waals surface area contributed by atoms with Crippen LogP contribution in [0.1, 0.15) is 0 Å². The largest absolute Gasteiger partial charge is 0.350 e. The van der Waals surface area contributed by atoms with Gasteiger partial charge in [-0.3, -0.25) is 0 Å². The summed E-state index contributed by atoms with van der Waals surface area (Å²) in [7, 11) is 0. The third-order valence-corrected chi connectivity index (χ3v) is 0.0833. The Kier molecular flexibility index (Phi) is 0.738. The molecule has 0 saturated heterocycles. The molecule has 0 spiro atoms. The fourth-order valence-corrected chi connectivity index (χ4v) is 0. The number of urea groups is 1. The Bertz CT molecular complexity index is 64.6. The molecule has 0 atom stereocenters. The molecular weight excluding hydrogens is 75.0 g/mol. The predicted octanol–water partition coefficient (Wildman–Crippen LogP) is -0.461. The van der Waals surface area contributed by atoms with Gasteiger partial charge in [0.1, 0.15) is 0 Å². The van der Waals surface area contributed by atoms with Crippen molar-refractivity contribution < 1.29 is 10.7 Å². The number of halogens is 1. The molecule has 3 nitrogen and oxygen atoms in total. The Morgan fingerprint density at radius 2 is 2.60 bits per heavy atom. The van der Waals surface area contributed by atoms with Gasteiger partial charge in [-0.15, -0.1) is 0 Å². The van der Waals surface area contributed by atoms with E-state index in [2.05, 4.69) is 5.73 Å². The molecule has 0 fully saturated rings. The van der Waals surface area contributed by atoms with Gasteiger partial charge in [0.15, 0.2) is 0 Å². The highest BCUT2D eigenvalue weighted by molar-refractivity contribution is 5.70. The average Bonchev–Trinajstić information content (AvgIpc) is 1.36. The van der Waals surface area contributed by atoms with Crippen molar-refractivity contribution in [1.29, 1.82) is 0 Å². The van der Waals surface area contributed by atoms with Crippen LogP contribution in [0.2, 0.25) is 1.41 Å². The second-order valence-electron chi connectivity index (χ2n) is 0.423. The van der Waals surface area contributed by atoms with E-state index in [4.69, 9.17) is 1.41 Å². The molecule has 0 aliphatic rings. The molecule has 0 unspecified atom stereocenters. The van der Waals surface area contributed by atoms with Crippen LogP contribution in [0.15, 0.2) is 0 Å². The number of carbonyl (C=O) groups excluding carboxylic acids is 1. The highest BCUT2D eigenvalue weighted by atomic mass is 19.2. The van der Waals surface area contributed by atoms with Gasteiger partial charge >= 0.3 is 6.03 Å². The van der Waals surface area contributed by atoms with E-state index in [1.54, 1.807) is 0 Å². The molecule has 30 valence electrons. The molecule has 0 aromatic rings. The van der Waals surface area contributed by atoms with E-state index in [0.717, 1.165) is 0 Å². The third-order valence-electron chi connectivity index (χ3n) is 0.0833. The lowest BCUT2D eigenvalue weighted by atomic mass is 11.2. The Balaban J connectivity index is 3.26. The fraction of sp³-hybridized carbons (Fsp3) is 0. The number of primary amides is 1. The van der Waals surface area contributed by atoms with Crippen LogP contribution >= 0.6 is 0 Å². The van der Waals surface area contributed by atoms with Crippen molar-refractivity contribution in [2.45, 2.75) is 0 Å². The summed E-state index contributed by atoms with van der Waals surface area (Å²) in [5.74, 6) is 0. The lowest BCUT2D eigenvalue weighted by Crippen LogP contribution is -2.20. The number of carbonyl (C=O) groups is 1. The normalized spacial score (nSPS) is 9.40. The van der Waals surface area contributed by atoms with Crippen LogP contribution in [0.25, 0.3) is 0 Å². The second kappa shape index (κ2) is 1.51. The molecule has 0 radical (unpaired) electrons. The van der Waals surface area contributed by atoms with E-state index >= 15 is 0 Å². The number of nitrogens with two attached hydrogens (primary N) is 1. The molecular formula is CH3FN2O. The first-order valence-electron chi connectivity index (χ1n) is 1.33. The summed E-state index contributed by atoms with van der Waals surface area (Å²) < 4.78 is 16.6. The molecule has 0 heterocycles. The molecule has 4 heteroatoms. The highest BCUT2D eigenvalue weighted by Crippen LogP contribution is 1.46. The number of amides is 2. The molecule has 0 saturated carbocycles. The summed E-state index contributed by atoms with van der Waals surface area (Å²) in [5.41, 5.74) is 3.22. The Morgan fingerprint density at radius 3 is 2.60 bits per heavy atom. The van der Waals surface area contributed by atoms with Crippen molar-refractivity contribution in [3.8, 4) is 0 Å². The van der Waals surface area contributed by atoms with Crippen molar-refractivity contribution in [2.24, 2.45) is 5.73 Å². The number of hydrogen-bond acceptors (Lipinski definition) is 1. The van der Waals surface area contributed by atoms with Gasteiger partial charge in [-0.05, 0) is 0 Å². The van der Waals surface area contributed by atoms with Crippen molar-refractivity contribution in [3.05, 3.63) is 0 Å². The molecule has 0 aromatic heterocycles. The van der Waals surface area contributed by atoms with E-state index in [1.807, 2.05) is 0 Å². The lowest BCUT2D eigenvalue weighted by Gasteiger charge is -1.74. The minimum Gasteiger partial charge on any atom is -0.350 e. The first-order valence-corrected chi connectivity index (χ1v) is 0.885. The van der Waals surface area contributed by atoms with Gasteiger partial charge in [-0.25, -0.2) is 4.79 Å². The molecule has 2 amide bonds. The van der Waals surface area contributed by atoms with Gasteiger partial charge in [0.05, 0.1) is 0 Å². The zero-order valence-corrected chi connectivity index (χ0v) is 2.31. The minimum absolute atomic E-state index is 0.944. The van der Waals surface area contributed by atoms with E-state index in [1.165, 1.54) is 0 Å². The Hall–Kier alpha value is -0.800. The number of nitrogens with one attached hydrogen (secondary N) is 1. The third kappa shape index (κ3) is 3.20. The average molecular weight is 79.1 g/mol. The second-order valence-corrected chi connectivity index (χ2v) is 0.423. The summed E-state index contributed by atoms with van der Waals surface area (Å²) in [5, 5.41) is 0. The van der Waals surface area contributed by atoms with Gasteiger partial charge < -0.3 is 5.73 Å². The first-order chi connectivity index (χ1) is 2.64. The summed E-state index contributed by atoms with van der Waals surface area (Å²) in [6.45, 7) is 0. The molecule has 0 rings (SSSR count). The van der Waals surface area contributed by atoms with Gasteiger partial charge in [0.2, 0.25) is 1.41 Å². The maximum absolute atomic E-state index is 10.8. The highest BCUT2D eigenvalue weighted by Gasteiger charge is 1.77. The van der Waals surface area contributed by atoms with Crippen LogP contribution in [0.3, 0.4) is 0 Å². The minimum atomic E-state index is -1.41. The summed E-state index contributed by atoms with van der Waals surface area (Å²) in [4.78, 5) is 9.28. The quantitative estimate of drug-likeness (QED) is 0.379. The molecule has 0 aliphatic heterocycles. The zero-order valence-electron chi connectivity index (χ0n) is 3.31. The molecule has 0 bridgehead atoms. The predicted molar refractivity (Wildman–Crippen MR) is 13.8 cm³/mol. The zero-order chi connectivity index (χ0) is 5.15. The monoisotopic (exact) mass is 79.0 g/mol. The van der Waals surface area contributed by atoms with Crippen molar-refractivity contribution in [2.75, 3.05) is 0 Å². The van der Waals surface area contributed by atoms with Crippen LogP contribution in [0.5, 0.6) is 0 Å². The van der Waals surface area contributed by atoms with E-state index in [-0.39, 0.29) is 0 Å². The van der Waals surface area contributed by atoms with Crippen LogP contribution in [0.4, 0.5) is 9.28 Å². The van der Waals surface area contributed by atoms with Gasteiger partial charge in [0, 0.05) is 0 Å². The first kappa shape index (κ1) is 2.44. The van der Waals surface area contributed by atoms with Crippen LogP contribution in [-0.4, -0.2) is 6.03 Å². The summed E-state index contributed by atoms with van der Waals surface area (Å²) >= 11 is 0. The lowest BCUT2D eigenvalue weighted by molar-refractivity contribution is 0.226. The molecule has 0 aliphatic carbocycles. The topological polar surface area (TPSA) is 55.1 Å². The van der Waals surface area contributed by atoms with Crippen molar-refractivity contribution in [1.82, 2.24) is 5.53 Å². The van der Waals surface area contributed by atoms with Crippen molar-refractivity contribution in [3.63, 3.8) is 0 Å². The van der Waals surface area contributed by atoms with Gasteiger partial charge in [-0.1, -0.05) is 4.48 Å².